The molecule has 0 aromatic heterocycles. The minimum absolute atomic E-state index is 0. The van der Waals surface area contributed by atoms with Crippen LogP contribution in [0, 0.1) is 0 Å². The molecule has 0 aliphatic carbocycles. The van der Waals surface area contributed by atoms with Crippen molar-refractivity contribution in [1.29, 1.82) is 0 Å². The molecule has 0 spiro atoms. The van der Waals surface area contributed by atoms with Crippen LogP contribution in [0.5, 0.6) is 0 Å². The number of nitrogens with one attached hydrogen (secondary N) is 1. The molecule has 5 heteroatoms. The number of carbonyl (C=O) groups is 1. The Balaban J connectivity index is 0.00000162. The number of halogens is 2. The van der Waals surface area contributed by atoms with Crippen molar-refractivity contribution < 1.29 is 4.79 Å². The molecule has 1 aliphatic rings. The van der Waals surface area contributed by atoms with Crippen LogP contribution in [0.4, 0.5) is 0 Å². The Kier molecular flexibility index (Phi) is 5.93. The summed E-state index contributed by atoms with van der Waals surface area (Å²) in [4.78, 5) is 13.8. The van der Waals surface area contributed by atoms with Crippen LogP contribution in [0.2, 0.25) is 5.02 Å². The van der Waals surface area contributed by atoms with Gasteiger partial charge in [0.05, 0.1) is 0 Å². The number of amides is 1. The van der Waals surface area contributed by atoms with E-state index in [1.54, 1.807) is 0 Å². The summed E-state index contributed by atoms with van der Waals surface area (Å²) < 4.78 is 0. The highest BCUT2D eigenvalue weighted by atomic mass is 35.5. The third kappa shape index (κ3) is 3.37. The zero-order valence-corrected chi connectivity index (χ0v) is 12.0. The molecule has 0 unspecified atom stereocenters. The van der Waals surface area contributed by atoms with Crippen LogP contribution >= 0.6 is 24.0 Å². The first-order valence-electron chi connectivity index (χ1n) is 5.91. The Morgan fingerprint density at radius 2 is 2.28 bits per heavy atom. The Morgan fingerprint density at radius 1 is 1.50 bits per heavy atom. The van der Waals surface area contributed by atoms with E-state index in [2.05, 4.69) is 11.4 Å². The maximum Gasteiger partial charge on any atom is 0.224 e. The first kappa shape index (κ1) is 15.3. The lowest BCUT2D eigenvalue weighted by Gasteiger charge is -2.29. The van der Waals surface area contributed by atoms with E-state index in [-0.39, 0.29) is 18.3 Å². The summed E-state index contributed by atoms with van der Waals surface area (Å²) in [5.41, 5.74) is 2.38. The molecular weight excluding hydrogens is 271 g/mol. The van der Waals surface area contributed by atoms with Gasteiger partial charge in [-0.05, 0) is 30.7 Å². The summed E-state index contributed by atoms with van der Waals surface area (Å²) in [5, 5.41) is 3.82. The monoisotopic (exact) mass is 288 g/mol. The molecule has 0 radical (unpaired) electrons. The highest BCUT2D eigenvalue weighted by Gasteiger charge is 2.21. The minimum atomic E-state index is 0. The van der Waals surface area contributed by atoms with Crippen molar-refractivity contribution in [3.63, 3.8) is 0 Å². The highest BCUT2D eigenvalue weighted by Crippen LogP contribution is 2.26. The van der Waals surface area contributed by atoms with Crippen LogP contribution in [0.1, 0.15) is 17.5 Å². The van der Waals surface area contributed by atoms with E-state index in [1.165, 1.54) is 11.1 Å². The van der Waals surface area contributed by atoms with E-state index >= 15 is 0 Å². The summed E-state index contributed by atoms with van der Waals surface area (Å²) in [6.07, 6.45) is 1.42. The maximum atomic E-state index is 11.9. The Morgan fingerprint density at radius 3 is 3.00 bits per heavy atom. The van der Waals surface area contributed by atoms with Gasteiger partial charge in [-0.3, -0.25) is 4.79 Å². The average Bonchev–Trinajstić information content (AvgIpc) is 2.36. The molecule has 100 valence electrons. The molecule has 1 aromatic rings. The van der Waals surface area contributed by atoms with E-state index in [4.69, 9.17) is 11.6 Å². The first-order chi connectivity index (χ1) is 8.22. The second-order valence-corrected chi connectivity index (χ2v) is 4.70. The molecule has 1 amide bonds. The SMILES string of the molecule is CNCCC(=O)N1CCc2c(Cl)cccc2C1.Cl. The fourth-order valence-electron chi connectivity index (χ4n) is 2.17. The second-order valence-electron chi connectivity index (χ2n) is 4.30. The molecule has 1 heterocycles. The zero-order valence-electron chi connectivity index (χ0n) is 10.4. The van der Waals surface area contributed by atoms with E-state index < -0.39 is 0 Å². The van der Waals surface area contributed by atoms with Crippen LogP contribution in [-0.2, 0) is 17.8 Å². The van der Waals surface area contributed by atoms with Crippen molar-refractivity contribution in [2.24, 2.45) is 0 Å². The molecule has 0 saturated carbocycles. The molecule has 0 bridgehead atoms. The van der Waals surface area contributed by atoms with Gasteiger partial charge in [0, 0.05) is 31.1 Å². The number of rotatable bonds is 3. The smallest absolute Gasteiger partial charge is 0.224 e. The number of nitrogens with zero attached hydrogens (tertiary/aromatic N) is 1. The number of hydrogen-bond donors (Lipinski definition) is 1. The van der Waals surface area contributed by atoms with Gasteiger partial charge in [-0.2, -0.15) is 0 Å². The molecule has 2 rings (SSSR count). The second kappa shape index (κ2) is 6.98. The average molecular weight is 289 g/mol. The molecule has 0 saturated heterocycles. The van der Waals surface area contributed by atoms with Gasteiger partial charge in [0.1, 0.15) is 0 Å². The van der Waals surface area contributed by atoms with Crippen molar-refractivity contribution in [3.8, 4) is 0 Å². The lowest BCUT2D eigenvalue weighted by molar-refractivity contribution is -0.132. The van der Waals surface area contributed by atoms with Crippen LogP contribution in [0.25, 0.3) is 0 Å². The summed E-state index contributed by atoms with van der Waals surface area (Å²) in [6, 6.07) is 5.92. The maximum absolute atomic E-state index is 11.9. The summed E-state index contributed by atoms with van der Waals surface area (Å²) in [7, 11) is 1.86. The summed E-state index contributed by atoms with van der Waals surface area (Å²) in [5.74, 6) is 0.213. The van der Waals surface area contributed by atoms with Gasteiger partial charge in [0.2, 0.25) is 5.91 Å². The predicted octanol–water partition coefficient (Wildman–Crippen LogP) is 2.26. The van der Waals surface area contributed by atoms with Gasteiger partial charge in [-0.15, -0.1) is 12.4 Å². The molecule has 0 fully saturated rings. The third-order valence-electron chi connectivity index (χ3n) is 3.15. The van der Waals surface area contributed by atoms with E-state index in [0.717, 1.165) is 24.5 Å². The van der Waals surface area contributed by atoms with Crippen LogP contribution in [0.15, 0.2) is 18.2 Å². The van der Waals surface area contributed by atoms with Gasteiger partial charge >= 0.3 is 0 Å². The van der Waals surface area contributed by atoms with Crippen molar-refractivity contribution in [2.75, 3.05) is 20.1 Å². The topological polar surface area (TPSA) is 32.3 Å². The van der Waals surface area contributed by atoms with Crippen molar-refractivity contribution in [3.05, 3.63) is 34.3 Å². The van der Waals surface area contributed by atoms with Gasteiger partial charge in [0.25, 0.3) is 0 Å². The highest BCUT2D eigenvalue weighted by molar-refractivity contribution is 6.31. The molecule has 1 aliphatic heterocycles. The van der Waals surface area contributed by atoms with Gasteiger partial charge in [-0.25, -0.2) is 0 Å². The molecule has 3 nitrogen and oxygen atoms in total. The molecule has 0 atom stereocenters. The number of benzene rings is 1. The van der Waals surface area contributed by atoms with E-state index in [9.17, 15) is 4.79 Å². The van der Waals surface area contributed by atoms with Crippen LogP contribution in [-0.4, -0.2) is 30.9 Å². The third-order valence-corrected chi connectivity index (χ3v) is 3.50. The molecule has 1 N–H and O–H groups in total. The van der Waals surface area contributed by atoms with Crippen molar-refractivity contribution >= 4 is 29.9 Å². The largest absolute Gasteiger partial charge is 0.338 e. The van der Waals surface area contributed by atoms with E-state index in [0.29, 0.717) is 13.0 Å². The Bertz CT molecular complexity index is 423. The lowest BCUT2D eigenvalue weighted by Crippen LogP contribution is -2.37. The fourth-order valence-corrected chi connectivity index (χ4v) is 2.45. The normalized spacial score (nSPS) is 13.8. The standard InChI is InChI=1S/C13H17ClN2O.ClH/c1-15-7-5-13(17)16-8-6-11-10(9-16)3-2-4-12(11)14;/h2-4,15H,5-9H2,1H3;1H. The van der Waals surface area contributed by atoms with E-state index in [1.807, 2.05) is 24.1 Å². The molecule has 1 aromatic carbocycles. The Hall–Kier alpha value is -0.770. The lowest BCUT2D eigenvalue weighted by atomic mass is 9.99. The first-order valence-corrected chi connectivity index (χ1v) is 6.29. The molecule has 18 heavy (non-hydrogen) atoms. The number of fused-ring (bicyclic) bond motifs is 1. The Labute approximate surface area is 119 Å². The minimum Gasteiger partial charge on any atom is -0.338 e. The summed E-state index contributed by atoms with van der Waals surface area (Å²) in [6.45, 7) is 2.20. The predicted molar refractivity (Wildman–Crippen MR) is 76.4 cm³/mol. The van der Waals surface area contributed by atoms with Gasteiger partial charge < -0.3 is 10.2 Å². The summed E-state index contributed by atoms with van der Waals surface area (Å²) >= 11 is 6.14. The molecular formula is C13H18Cl2N2O. The van der Waals surface area contributed by atoms with Crippen molar-refractivity contribution in [1.82, 2.24) is 10.2 Å². The van der Waals surface area contributed by atoms with Crippen LogP contribution < -0.4 is 5.32 Å². The van der Waals surface area contributed by atoms with Crippen LogP contribution in [0.3, 0.4) is 0 Å². The number of carbonyl (C=O) groups excluding carboxylic acids is 1. The van der Waals surface area contributed by atoms with Gasteiger partial charge in [-0.1, -0.05) is 23.7 Å². The zero-order chi connectivity index (χ0) is 12.3. The number of hydrogen-bond acceptors (Lipinski definition) is 2. The van der Waals surface area contributed by atoms with Gasteiger partial charge in [0.15, 0.2) is 0 Å². The fraction of sp³-hybridized carbons (Fsp3) is 0.462. The van der Waals surface area contributed by atoms with Crippen molar-refractivity contribution in [2.45, 2.75) is 19.4 Å². The quantitative estimate of drug-likeness (QED) is 0.925.